The Morgan fingerprint density at radius 1 is 1.19 bits per heavy atom. The number of nitrogens with one attached hydrogen (secondary N) is 2. The number of benzene rings is 2. The van der Waals surface area contributed by atoms with Gasteiger partial charge in [0.25, 0.3) is 0 Å². The SMILES string of the molecule is Cc1cccc(NC(=O)Cc2ccc3nc(C)[nH]c3c2)c1. The number of aryl methyl sites for hydroxylation is 2. The van der Waals surface area contributed by atoms with Gasteiger partial charge in [0, 0.05) is 5.69 Å². The fraction of sp³-hybridized carbons (Fsp3) is 0.176. The van der Waals surface area contributed by atoms with Gasteiger partial charge in [-0.05, 0) is 49.2 Å². The summed E-state index contributed by atoms with van der Waals surface area (Å²) in [4.78, 5) is 19.6. The minimum Gasteiger partial charge on any atom is -0.342 e. The van der Waals surface area contributed by atoms with Crippen molar-refractivity contribution in [3.05, 3.63) is 59.4 Å². The van der Waals surface area contributed by atoms with Gasteiger partial charge in [0.15, 0.2) is 0 Å². The van der Waals surface area contributed by atoms with Gasteiger partial charge in [-0.1, -0.05) is 18.2 Å². The van der Waals surface area contributed by atoms with Crippen molar-refractivity contribution < 1.29 is 4.79 Å². The van der Waals surface area contributed by atoms with Crippen molar-refractivity contribution in [2.24, 2.45) is 0 Å². The van der Waals surface area contributed by atoms with Crippen LogP contribution < -0.4 is 5.32 Å². The van der Waals surface area contributed by atoms with Crippen molar-refractivity contribution in [2.75, 3.05) is 5.32 Å². The zero-order chi connectivity index (χ0) is 14.8. The standard InChI is InChI=1S/C17H17N3O/c1-11-4-3-5-14(8-11)20-17(21)10-13-6-7-15-16(9-13)19-12(2)18-15/h3-9H,10H2,1-2H3,(H,18,19)(H,20,21). The fourth-order valence-corrected chi connectivity index (χ4v) is 2.41. The van der Waals surface area contributed by atoms with E-state index in [1.807, 2.05) is 56.3 Å². The van der Waals surface area contributed by atoms with Crippen molar-refractivity contribution in [1.82, 2.24) is 9.97 Å². The van der Waals surface area contributed by atoms with E-state index in [0.717, 1.165) is 33.7 Å². The molecule has 0 unspecified atom stereocenters. The molecule has 4 heteroatoms. The molecule has 3 rings (SSSR count). The quantitative estimate of drug-likeness (QED) is 0.772. The lowest BCUT2D eigenvalue weighted by molar-refractivity contribution is -0.115. The molecule has 1 heterocycles. The monoisotopic (exact) mass is 279 g/mol. The summed E-state index contributed by atoms with van der Waals surface area (Å²) >= 11 is 0. The average molecular weight is 279 g/mol. The first-order chi connectivity index (χ1) is 10.1. The van der Waals surface area contributed by atoms with Crippen molar-refractivity contribution >= 4 is 22.6 Å². The number of rotatable bonds is 3. The number of hydrogen-bond donors (Lipinski definition) is 2. The number of anilines is 1. The third-order valence-corrected chi connectivity index (χ3v) is 3.33. The smallest absolute Gasteiger partial charge is 0.228 e. The maximum Gasteiger partial charge on any atom is 0.228 e. The average Bonchev–Trinajstić information content (AvgIpc) is 2.78. The Labute approximate surface area is 123 Å². The summed E-state index contributed by atoms with van der Waals surface area (Å²) < 4.78 is 0. The van der Waals surface area contributed by atoms with Crippen LogP contribution >= 0.6 is 0 Å². The first-order valence-corrected chi connectivity index (χ1v) is 6.92. The van der Waals surface area contributed by atoms with E-state index in [1.54, 1.807) is 0 Å². The molecule has 21 heavy (non-hydrogen) atoms. The van der Waals surface area contributed by atoms with Gasteiger partial charge in [-0.25, -0.2) is 4.98 Å². The van der Waals surface area contributed by atoms with E-state index < -0.39 is 0 Å². The molecule has 106 valence electrons. The number of imidazole rings is 1. The fourth-order valence-electron chi connectivity index (χ4n) is 2.41. The normalized spacial score (nSPS) is 10.8. The lowest BCUT2D eigenvalue weighted by Crippen LogP contribution is -2.14. The molecule has 0 fully saturated rings. The molecule has 0 aliphatic carbocycles. The van der Waals surface area contributed by atoms with Crippen LogP contribution in [0.15, 0.2) is 42.5 Å². The first-order valence-electron chi connectivity index (χ1n) is 6.92. The van der Waals surface area contributed by atoms with Gasteiger partial charge in [0.05, 0.1) is 17.5 Å². The minimum atomic E-state index is -0.0174. The van der Waals surface area contributed by atoms with Gasteiger partial charge >= 0.3 is 0 Å². The number of amides is 1. The van der Waals surface area contributed by atoms with E-state index in [9.17, 15) is 4.79 Å². The van der Waals surface area contributed by atoms with Crippen LogP contribution in [0, 0.1) is 13.8 Å². The highest BCUT2D eigenvalue weighted by atomic mass is 16.1. The lowest BCUT2D eigenvalue weighted by Gasteiger charge is -2.06. The van der Waals surface area contributed by atoms with Crippen LogP contribution in [0.25, 0.3) is 11.0 Å². The first kappa shape index (κ1) is 13.4. The zero-order valence-corrected chi connectivity index (χ0v) is 12.1. The molecule has 0 radical (unpaired) electrons. The number of carbonyl (C=O) groups excluding carboxylic acids is 1. The number of aromatic amines is 1. The summed E-state index contributed by atoms with van der Waals surface area (Å²) in [6.45, 7) is 3.92. The topological polar surface area (TPSA) is 57.8 Å². The van der Waals surface area contributed by atoms with Gasteiger partial charge < -0.3 is 10.3 Å². The molecule has 2 N–H and O–H groups in total. The van der Waals surface area contributed by atoms with E-state index in [-0.39, 0.29) is 5.91 Å². The van der Waals surface area contributed by atoms with Crippen LogP contribution in [0.2, 0.25) is 0 Å². The summed E-state index contributed by atoms with van der Waals surface area (Å²) in [5, 5.41) is 2.92. The summed E-state index contributed by atoms with van der Waals surface area (Å²) in [5.74, 6) is 0.863. The highest BCUT2D eigenvalue weighted by molar-refractivity contribution is 5.92. The Balaban J connectivity index is 1.73. The number of hydrogen-bond acceptors (Lipinski definition) is 2. The third kappa shape index (κ3) is 3.11. The largest absolute Gasteiger partial charge is 0.342 e. The molecular formula is C17H17N3O. The highest BCUT2D eigenvalue weighted by Gasteiger charge is 2.06. The Bertz CT molecular complexity index is 805. The second kappa shape index (κ2) is 5.40. The number of carbonyl (C=O) groups is 1. The van der Waals surface area contributed by atoms with Gasteiger partial charge in [0.1, 0.15) is 5.82 Å². The second-order valence-corrected chi connectivity index (χ2v) is 5.27. The van der Waals surface area contributed by atoms with E-state index in [1.165, 1.54) is 0 Å². The van der Waals surface area contributed by atoms with Gasteiger partial charge in [0.2, 0.25) is 5.91 Å². The summed E-state index contributed by atoms with van der Waals surface area (Å²) in [5.41, 5.74) is 4.82. The maximum atomic E-state index is 12.1. The molecule has 2 aromatic carbocycles. The number of nitrogens with zero attached hydrogens (tertiary/aromatic N) is 1. The maximum absolute atomic E-state index is 12.1. The Hall–Kier alpha value is -2.62. The van der Waals surface area contributed by atoms with E-state index in [4.69, 9.17) is 0 Å². The molecular weight excluding hydrogens is 262 g/mol. The van der Waals surface area contributed by atoms with Crippen molar-refractivity contribution in [1.29, 1.82) is 0 Å². The van der Waals surface area contributed by atoms with Crippen molar-refractivity contribution in [2.45, 2.75) is 20.3 Å². The summed E-state index contributed by atoms with van der Waals surface area (Å²) in [7, 11) is 0. The van der Waals surface area contributed by atoms with Crippen LogP contribution in [-0.2, 0) is 11.2 Å². The molecule has 0 saturated heterocycles. The van der Waals surface area contributed by atoms with Crippen LogP contribution in [0.1, 0.15) is 17.0 Å². The Kier molecular flexibility index (Phi) is 3.44. The third-order valence-electron chi connectivity index (χ3n) is 3.33. The molecule has 0 aliphatic heterocycles. The molecule has 0 spiro atoms. The van der Waals surface area contributed by atoms with Gasteiger partial charge in [-0.2, -0.15) is 0 Å². The van der Waals surface area contributed by atoms with E-state index in [0.29, 0.717) is 6.42 Å². The van der Waals surface area contributed by atoms with Gasteiger partial charge in [-0.15, -0.1) is 0 Å². The zero-order valence-electron chi connectivity index (χ0n) is 12.1. The summed E-state index contributed by atoms with van der Waals surface area (Å²) in [6, 6.07) is 13.7. The molecule has 0 atom stereocenters. The number of fused-ring (bicyclic) bond motifs is 1. The van der Waals surface area contributed by atoms with Crippen LogP contribution in [0.3, 0.4) is 0 Å². The molecule has 0 aliphatic rings. The molecule has 3 aromatic rings. The molecule has 1 aromatic heterocycles. The lowest BCUT2D eigenvalue weighted by atomic mass is 10.1. The van der Waals surface area contributed by atoms with Gasteiger partial charge in [-0.3, -0.25) is 4.79 Å². The predicted octanol–water partition coefficient (Wildman–Crippen LogP) is 3.36. The second-order valence-electron chi connectivity index (χ2n) is 5.27. The predicted molar refractivity (Wildman–Crippen MR) is 84.3 cm³/mol. The Morgan fingerprint density at radius 2 is 2.05 bits per heavy atom. The molecule has 0 bridgehead atoms. The molecule has 4 nitrogen and oxygen atoms in total. The molecule has 0 saturated carbocycles. The minimum absolute atomic E-state index is 0.0174. The molecule has 1 amide bonds. The van der Waals surface area contributed by atoms with Crippen molar-refractivity contribution in [3.8, 4) is 0 Å². The Morgan fingerprint density at radius 3 is 2.86 bits per heavy atom. The van der Waals surface area contributed by atoms with Crippen LogP contribution in [-0.4, -0.2) is 15.9 Å². The van der Waals surface area contributed by atoms with Crippen LogP contribution in [0.5, 0.6) is 0 Å². The number of H-pyrrole nitrogens is 1. The van der Waals surface area contributed by atoms with Crippen molar-refractivity contribution in [3.63, 3.8) is 0 Å². The highest BCUT2D eigenvalue weighted by Crippen LogP contribution is 2.15. The van der Waals surface area contributed by atoms with E-state index >= 15 is 0 Å². The number of aromatic nitrogens is 2. The van der Waals surface area contributed by atoms with E-state index in [2.05, 4.69) is 15.3 Å². The summed E-state index contributed by atoms with van der Waals surface area (Å²) in [6.07, 6.45) is 0.349. The van der Waals surface area contributed by atoms with Crippen LogP contribution in [0.4, 0.5) is 5.69 Å².